The zero-order valence-corrected chi connectivity index (χ0v) is 18.7. The highest BCUT2D eigenvalue weighted by Crippen LogP contribution is 2.32. The van der Waals surface area contributed by atoms with Crippen molar-refractivity contribution in [1.29, 1.82) is 0 Å². The molecule has 6 nitrogen and oxygen atoms in total. The van der Waals surface area contributed by atoms with Crippen LogP contribution < -0.4 is 0 Å². The highest BCUT2D eigenvalue weighted by atomic mass is 19.3. The molecule has 1 unspecified atom stereocenters. The Morgan fingerprint density at radius 1 is 1.25 bits per heavy atom. The molecule has 1 aromatic rings. The summed E-state index contributed by atoms with van der Waals surface area (Å²) in [5, 5.41) is 10.1. The van der Waals surface area contributed by atoms with Gasteiger partial charge in [-0.15, -0.1) is 0 Å². The highest BCUT2D eigenvalue weighted by Gasteiger charge is 2.39. The molecular weight excluding hydrogens is 420 g/mol. The molecule has 0 radical (unpaired) electrons. The van der Waals surface area contributed by atoms with Crippen molar-refractivity contribution in [1.82, 2.24) is 4.90 Å². The van der Waals surface area contributed by atoms with Gasteiger partial charge >= 0.3 is 18.0 Å². The molecule has 1 aliphatic heterocycles. The third-order valence-corrected chi connectivity index (χ3v) is 5.22. The van der Waals surface area contributed by atoms with E-state index < -0.39 is 24.2 Å². The van der Waals surface area contributed by atoms with Gasteiger partial charge in [-0.3, -0.25) is 4.79 Å². The standard InChI is InChI=1S/C24H33F2NO5/c1-18(2)32-22(29)12-8-3-4-9-16-27-20(15-17-31-23(27)30)13-14-21(28)24(25,26)19-10-6-5-7-11-19/h5-7,10-11,13-14,18,20-21,28H,3-4,8-9,12,15-17H2,1-2H3/b14-13+/t20-,21?/m0/s1. The summed E-state index contributed by atoms with van der Waals surface area (Å²) in [6.07, 6.45) is 3.77. The Hall–Kier alpha value is -2.48. The molecule has 8 heteroatoms. The third kappa shape index (κ3) is 7.89. The first-order chi connectivity index (χ1) is 15.2. The van der Waals surface area contributed by atoms with Gasteiger partial charge in [-0.25, -0.2) is 4.79 Å². The Morgan fingerprint density at radius 3 is 2.62 bits per heavy atom. The first-order valence-electron chi connectivity index (χ1n) is 11.1. The SMILES string of the molecule is CC(C)OC(=O)CCCCCCN1C(=O)OCC[C@@H]1/C=C/C(O)C(F)(F)c1ccccc1. The van der Waals surface area contributed by atoms with Crippen LogP contribution in [-0.2, 0) is 20.2 Å². The van der Waals surface area contributed by atoms with Crippen molar-refractivity contribution in [3.8, 4) is 0 Å². The van der Waals surface area contributed by atoms with Gasteiger partial charge in [-0.05, 0) is 26.7 Å². The Balaban J connectivity index is 1.83. The largest absolute Gasteiger partial charge is 0.463 e. The normalized spacial score (nSPS) is 18.1. The molecule has 32 heavy (non-hydrogen) atoms. The molecule has 0 bridgehead atoms. The van der Waals surface area contributed by atoms with Gasteiger partial charge in [-0.1, -0.05) is 55.3 Å². The number of ether oxygens (including phenoxy) is 2. The number of cyclic esters (lactones) is 1. The van der Waals surface area contributed by atoms with E-state index >= 15 is 0 Å². The van der Waals surface area contributed by atoms with E-state index in [4.69, 9.17) is 9.47 Å². The Bertz CT molecular complexity index is 754. The van der Waals surface area contributed by atoms with E-state index in [1.807, 2.05) is 13.8 Å². The molecule has 1 amide bonds. The van der Waals surface area contributed by atoms with Gasteiger partial charge in [0, 0.05) is 24.9 Å². The molecule has 1 saturated heterocycles. The van der Waals surface area contributed by atoms with Gasteiger partial charge in [0.15, 0.2) is 0 Å². The van der Waals surface area contributed by atoms with E-state index in [-0.39, 0.29) is 24.2 Å². The summed E-state index contributed by atoms with van der Waals surface area (Å²) in [5.41, 5.74) is -0.269. The van der Waals surface area contributed by atoms with Crippen LogP contribution in [-0.4, -0.2) is 53.5 Å². The maximum absolute atomic E-state index is 14.5. The molecule has 0 aromatic heterocycles. The fraction of sp³-hybridized carbons (Fsp3) is 0.583. The van der Waals surface area contributed by atoms with Gasteiger partial charge in [0.1, 0.15) is 6.10 Å². The number of esters is 1. The van der Waals surface area contributed by atoms with E-state index in [1.54, 1.807) is 6.07 Å². The lowest BCUT2D eigenvalue weighted by molar-refractivity contribution is -0.147. The fourth-order valence-corrected chi connectivity index (χ4v) is 3.51. The first-order valence-corrected chi connectivity index (χ1v) is 11.1. The average molecular weight is 454 g/mol. The molecule has 2 rings (SSSR count). The van der Waals surface area contributed by atoms with Gasteiger partial charge < -0.3 is 19.5 Å². The number of benzene rings is 1. The van der Waals surface area contributed by atoms with Crippen LogP contribution in [0.1, 0.15) is 57.9 Å². The summed E-state index contributed by atoms with van der Waals surface area (Å²) in [6.45, 7) is 4.23. The molecule has 2 atom stereocenters. The predicted molar refractivity (Wildman–Crippen MR) is 116 cm³/mol. The average Bonchev–Trinajstić information content (AvgIpc) is 2.75. The van der Waals surface area contributed by atoms with Crippen molar-refractivity contribution in [3.63, 3.8) is 0 Å². The van der Waals surface area contributed by atoms with E-state index in [0.717, 1.165) is 18.9 Å². The Kier molecular flexibility index (Phi) is 10.1. The van der Waals surface area contributed by atoms with Crippen molar-refractivity contribution in [2.24, 2.45) is 0 Å². The van der Waals surface area contributed by atoms with E-state index in [0.29, 0.717) is 32.2 Å². The van der Waals surface area contributed by atoms with Crippen molar-refractivity contribution in [2.75, 3.05) is 13.2 Å². The van der Waals surface area contributed by atoms with Gasteiger partial charge in [0.05, 0.1) is 18.8 Å². The molecule has 1 fully saturated rings. The lowest BCUT2D eigenvalue weighted by Gasteiger charge is -2.33. The number of amides is 1. The van der Waals surface area contributed by atoms with E-state index in [1.165, 1.54) is 35.2 Å². The summed E-state index contributed by atoms with van der Waals surface area (Å²) in [5.74, 6) is -3.65. The first kappa shape index (κ1) is 25.8. The zero-order valence-electron chi connectivity index (χ0n) is 18.7. The smallest absolute Gasteiger partial charge is 0.410 e. The highest BCUT2D eigenvalue weighted by molar-refractivity contribution is 5.69. The van der Waals surface area contributed by atoms with Crippen molar-refractivity contribution >= 4 is 12.1 Å². The van der Waals surface area contributed by atoms with Crippen LogP contribution in [0.3, 0.4) is 0 Å². The van der Waals surface area contributed by atoms with Crippen LogP contribution in [0.5, 0.6) is 0 Å². The molecule has 178 valence electrons. The third-order valence-electron chi connectivity index (χ3n) is 5.22. The molecule has 1 heterocycles. The van der Waals surface area contributed by atoms with E-state index in [9.17, 15) is 23.5 Å². The second-order valence-corrected chi connectivity index (χ2v) is 8.19. The van der Waals surface area contributed by atoms with Crippen molar-refractivity contribution in [2.45, 2.75) is 76.5 Å². The minimum absolute atomic E-state index is 0.122. The summed E-state index contributed by atoms with van der Waals surface area (Å²) in [7, 11) is 0. The van der Waals surface area contributed by atoms with Gasteiger partial charge in [-0.2, -0.15) is 8.78 Å². The van der Waals surface area contributed by atoms with Crippen LogP contribution >= 0.6 is 0 Å². The van der Waals surface area contributed by atoms with Gasteiger partial charge in [0.25, 0.3) is 0 Å². The van der Waals surface area contributed by atoms with Crippen LogP contribution in [0, 0.1) is 0 Å². The second-order valence-electron chi connectivity index (χ2n) is 8.19. The van der Waals surface area contributed by atoms with Crippen LogP contribution in [0.15, 0.2) is 42.5 Å². The number of aliphatic hydroxyl groups excluding tert-OH is 1. The monoisotopic (exact) mass is 453 g/mol. The number of hydrogen-bond acceptors (Lipinski definition) is 5. The minimum atomic E-state index is -3.44. The number of unbranched alkanes of at least 4 members (excludes halogenated alkanes) is 3. The summed E-state index contributed by atoms with van der Waals surface area (Å²) in [6, 6.07) is 6.73. The number of carbonyl (C=O) groups is 2. The number of alkyl halides is 2. The molecule has 1 aliphatic rings. The summed E-state index contributed by atoms with van der Waals surface area (Å²) in [4.78, 5) is 25.2. The van der Waals surface area contributed by atoms with Crippen LogP contribution in [0.4, 0.5) is 13.6 Å². The second kappa shape index (κ2) is 12.5. The van der Waals surface area contributed by atoms with Crippen LogP contribution in [0.2, 0.25) is 0 Å². The topological polar surface area (TPSA) is 76.1 Å². The summed E-state index contributed by atoms with van der Waals surface area (Å²) >= 11 is 0. The summed E-state index contributed by atoms with van der Waals surface area (Å²) < 4.78 is 39.2. The number of aliphatic hydroxyl groups is 1. The Morgan fingerprint density at radius 2 is 1.94 bits per heavy atom. The lowest BCUT2D eigenvalue weighted by Crippen LogP contribution is -2.45. The molecule has 0 spiro atoms. The zero-order chi connectivity index (χ0) is 23.6. The fourth-order valence-electron chi connectivity index (χ4n) is 3.51. The van der Waals surface area contributed by atoms with Crippen LogP contribution in [0.25, 0.3) is 0 Å². The maximum atomic E-state index is 14.5. The number of halogens is 2. The van der Waals surface area contributed by atoms with E-state index in [2.05, 4.69) is 0 Å². The van der Waals surface area contributed by atoms with Crippen molar-refractivity contribution < 1.29 is 33.0 Å². The number of carbonyl (C=O) groups excluding carboxylic acids is 2. The molecule has 1 aromatic carbocycles. The molecule has 0 aliphatic carbocycles. The quantitative estimate of drug-likeness (QED) is 0.279. The number of nitrogens with zero attached hydrogens (tertiary/aromatic N) is 1. The maximum Gasteiger partial charge on any atom is 0.410 e. The minimum Gasteiger partial charge on any atom is -0.463 e. The Labute approximate surface area is 188 Å². The number of rotatable bonds is 12. The molecule has 0 saturated carbocycles. The molecular formula is C24H33F2NO5. The molecule has 1 N–H and O–H groups in total. The number of hydrogen-bond donors (Lipinski definition) is 1. The predicted octanol–water partition coefficient (Wildman–Crippen LogP) is 4.81. The van der Waals surface area contributed by atoms with Gasteiger partial charge in [0.2, 0.25) is 0 Å². The van der Waals surface area contributed by atoms with Crippen molar-refractivity contribution in [3.05, 3.63) is 48.0 Å². The lowest BCUT2D eigenvalue weighted by atomic mass is 10.0.